The maximum Gasteiger partial charge on any atom is 0.241 e. The average Bonchev–Trinajstić information content (AvgIpc) is 1.61. The molecular weight excluding hydrogens is 108 g/mol. The highest BCUT2D eigenvalue weighted by Crippen LogP contribution is 1.83. The van der Waals surface area contributed by atoms with E-state index in [0.717, 1.165) is 6.42 Å². The minimum Gasteiger partial charge on any atom is -0.277 e. The Morgan fingerprint density at radius 2 is 2.43 bits per heavy atom. The molecule has 1 nitrogen and oxygen atoms in total. The molecule has 0 spiro atoms. The van der Waals surface area contributed by atoms with Crippen LogP contribution in [0.2, 0.25) is 0 Å². The highest BCUT2D eigenvalue weighted by atomic mass is 32.1. The standard InChI is InChI=1S/C5H7OS/c1-2-3-4-5(6)7/h3-4H,2H2,1H3/b4-3+. The molecule has 0 saturated heterocycles. The number of hydrogen-bond donors (Lipinski definition) is 0. The first-order chi connectivity index (χ1) is 3.27. The molecule has 0 unspecified atom stereocenters. The highest BCUT2D eigenvalue weighted by molar-refractivity contribution is 7.97. The molecule has 0 amide bonds. The van der Waals surface area contributed by atoms with Crippen molar-refractivity contribution in [1.29, 1.82) is 0 Å². The first-order valence-electron chi connectivity index (χ1n) is 2.15. The summed E-state index contributed by atoms with van der Waals surface area (Å²) in [6.07, 6.45) is 4.02. The van der Waals surface area contributed by atoms with Crippen LogP contribution in [0.3, 0.4) is 0 Å². The van der Waals surface area contributed by atoms with Crippen LogP contribution in [0.15, 0.2) is 12.2 Å². The van der Waals surface area contributed by atoms with E-state index < -0.39 is 0 Å². The Balaban J connectivity index is 3.26. The number of hydrogen-bond acceptors (Lipinski definition) is 1. The molecule has 0 fully saturated rings. The molecule has 0 rings (SSSR count). The van der Waals surface area contributed by atoms with Crippen LogP contribution in [-0.2, 0) is 4.79 Å². The molecule has 1 radical (unpaired) electrons. The minimum atomic E-state index is -0.290. The summed E-state index contributed by atoms with van der Waals surface area (Å²) in [6, 6.07) is 0. The molecule has 7 heavy (non-hydrogen) atoms. The zero-order valence-corrected chi connectivity index (χ0v) is 4.99. The average molecular weight is 115 g/mol. The largest absolute Gasteiger partial charge is 0.277 e. The molecular formula is C5H7OS. The molecule has 0 N–H and O–H groups in total. The smallest absolute Gasteiger partial charge is 0.241 e. The lowest BCUT2D eigenvalue weighted by atomic mass is 10.4. The Morgan fingerprint density at radius 1 is 1.86 bits per heavy atom. The van der Waals surface area contributed by atoms with E-state index in [0.29, 0.717) is 0 Å². The molecule has 0 bridgehead atoms. The van der Waals surface area contributed by atoms with E-state index in [9.17, 15) is 4.79 Å². The van der Waals surface area contributed by atoms with Crippen molar-refractivity contribution < 1.29 is 4.79 Å². The Labute approximate surface area is 48.8 Å². The maximum absolute atomic E-state index is 9.93. The Hall–Kier alpha value is -0.370. The van der Waals surface area contributed by atoms with E-state index in [2.05, 4.69) is 12.6 Å². The fourth-order valence-electron chi connectivity index (χ4n) is 0.214. The quantitative estimate of drug-likeness (QED) is 0.500. The maximum atomic E-state index is 9.93. The van der Waals surface area contributed by atoms with Gasteiger partial charge in [0.05, 0.1) is 0 Å². The van der Waals surface area contributed by atoms with E-state index in [1.165, 1.54) is 6.08 Å². The predicted octanol–water partition coefficient (Wildman–Crippen LogP) is 1.68. The van der Waals surface area contributed by atoms with Crippen LogP contribution in [-0.4, -0.2) is 5.12 Å². The van der Waals surface area contributed by atoms with E-state index >= 15 is 0 Å². The zero-order valence-electron chi connectivity index (χ0n) is 4.18. The summed E-state index contributed by atoms with van der Waals surface area (Å²) in [5, 5.41) is -0.290. The van der Waals surface area contributed by atoms with Crippen molar-refractivity contribution in [1.82, 2.24) is 0 Å². The fraction of sp³-hybridized carbons (Fsp3) is 0.400. The van der Waals surface area contributed by atoms with Crippen LogP contribution in [0.25, 0.3) is 0 Å². The topological polar surface area (TPSA) is 17.1 Å². The number of rotatable bonds is 2. The van der Waals surface area contributed by atoms with Crippen molar-refractivity contribution in [2.45, 2.75) is 13.3 Å². The summed E-state index contributed by atoms with van der Waals surface area (Å²) < 4.78 is 0. The molecule has 0 aromatic rings. The second-order valence-corrected chi connectivity index (χ2v) is 1.53. The van der Waals surface area contributed by atoms with Gasteiger partial charge in [0.2, 0.25) is 5.12 Å². The van der Waals surface area contributed by atoms with Gasteiger partial charge in [0.1, 0.15) is 0 Å². The molecule has 0 saturated carbocycles. The lowest BCUT2D eigenvalue weighted by Gasteiger charge is -1.71. The second-order valence-electron chi connectivity index (χ2n) is 1.13. The van der Waals surface area contributed by atoms with Gasteiger partial charge in [-0.05, 0) is 25.1 Å². The van der Waals surface area contributed by atoms with Crippen molar-refractivity contribution in [3.8, 4) is 0 Å². The van der Waals surface area contributed by atoms with Gasteiger partial charge in [0, 0.05) is 0 Å². The Kier molecular flexibility index (Phi) is 3.61. The van der Waals surface area contributed by atoms with Gasteiger partial charge < -0.3 is 0 Å². The van der Waals surface area contributed by atoms with Crippen LogP contribution in [0.5, 0.6) is 0 Å². The molecule has 0 aromatic carbocycles. The third-order valence-electron chi connectivity index (χ3n) is 0.490. The van der Waals surface area contributed by atoms with Gasteiger partial charge in [-0.15, -0.1) is 0 Å². The van der Waals surface area contributed by atoms with Gasteiger partial charge in [0.15, 0.2) is 0 Å². The van der Waals surface area contributed by atoms with Gasteiger partial charge in [-0.1, -0.05) is 13.0 Å². The third-order valence-corrected chi connectivity index (χ3v) is 0.626. The summed E-state index contributed by atoms with van der Waals surface area (Å²) in [6.45, 7) is 1.95. The van der Waals surface area contributed by atoms with Crippen LogP contribution in [0, 0.1) is 0 Å². The van der Waals surface area contributed by atoms with Crippen molar-refractivity contribution in [3.63, 3.8) is 0 Å². The molecule has 0 aromatic heterocycles. The molecule has 0 aliphatic rings. The van der Waals surface area contributed by atoms with Crippen molar-refractivity contribution in [3.05, 3.63) is 12.2 Å². The first kappa shape index (κ1) is 6.63. The summed E-state index contributed by atoms with van der Waals surface area (Å²) in [7, 11) is 0. The number of allylic oxidation sites excluding steroid dienone is 1. The second kappa shape index (κ2) is 3.81. The fourth-order valence-corrected chi connectivity index (χ4v) is 0.310. The SMILES string of the molecule is CC/C=C/C(=O)[S]. The van der Waals surface area contributed by atoms with Crippen LogP contribution >= 0.6 is 12.6 Å². The summed E-state index contributed by atoms with van der Waals surface area (Å²) in [5.74, 6) is 0. The van der Waals surface area contributed by atoms with Gasteiger partial charge >= 0.3 is 0 Å². The van der Waals surface area contributed by atoms with E-state index in [-0.39, 0.29) is 5.12 Å². The lowest BCUT2D eigenvalue weighted by Crippen LogP contribution is -1.72. The van der Waals surface area contributed by atoms with Crippen LogP contribution in [0.4, 0.5) is 0 Å². The van der Waals surface area contributed by atoms with Crippen molar-refractivity contribution in [2.24, 2.45) is 0 Å². The van der Waals surface area contributed by atoms with Gasteiger partial charge in [-0.3, -0.25) is 4.79 Å². The molecule has 2 heteroatoms. The highest BCUT2D eigenvalue weighted by Gasteiger charge is 1.79. The predicted molar refractivity (Wildman–Crippen MR) is 32.0 cm³/mol. The monoisotopic (exact) mass is 115 g/mol. The summed E-state index contributed by atoms with van der Waals surface area (Å²) >= 11 is 4.22. The van der Waals surface area contributed by atoms with E-state index in [1.807, 2.05) is 6.92 Å². The van der Waals surface area contributed by atoms with E-state index in [1.54, 1.807) is 6.08 Å². The van der Waals surface area contributed by atoms with Gasteiger partial charge in [-0.2, -0.15) is 0 Å². The number of carbonyl (C=O) groups is 1. The number of carbonyl (C=O) groups excluding carboxylic acids is 1. The minimum absolute atomic E-state index is 0.290. The van der Waals surface area contributed by atoms with Crippen molar-refractivity contribution >= 4 is 17.7 Å². The molecule has 0 heterocycles. The van der Waals surface area contributed by atoms with Crippen LogP contribution < -0.4 is 0 Å². The molecule has 0 aliphatic heterocycles. The van der Waals surface area contributed by atoms with Crippen LogP contribution in [0.1, 0.15) is 13.3 Å². The van der Waals surface area contributed by atoms with Crippen molar-refractivity contribution in [2.75, 3.05) is 0 Å². The summed E-state index contributed by atoms with van der Waals surface area (Å²) in [4.78, 5) is 9.93. The van der Waals surface area contributed by atoms with Gasteiger partial charge in [0.25, 0.3) is 0 Å². The van der Waals surface area contributed by atoms with E-state index in [4.69, 9.17) is 0 Å². The van der Waals surface area contributed by atoms with Gasteiger partial charge in [-0.25, -0.2) is 0 Å². The Morgan fingerprint density at radius 3 is 2.57 bits per heavy atom. The summed E-state index contributed by atoms with van der Waals surface area (Å²) in [5.41, 5.74) is 0. The zero-order chi connectivity index (χ0) is 5.70. The lowest BCUT2D eigenvalue weighted by molar-refractivity contribution is -0.106. The first-order valence-corrected chi connectivity index (χ1v) is 2.55. The Bertz CT molecular complexity index is 86.1. The third kappa shape index (κ3) is 5.63. The normalized spacial score (nSPS) is 9.86. The molecule has 0 atom stereocenters. The molecule has 39 valence electrons. The molecule has 0 aliphatic carbocycles.